The van der Waals surface area contributed by atoms with E-state index in [1.165, 1.54) is 0 Å². The number of benzene rings is 1. The minimum Gasteiger partial charge on any atom is -0.478 e. The molecular formula is C13H16BrNO3. The van der Waals surface area contributed by atoms with Crippen molar-refractivity contribution in [2.45, 2.75) is 12.8 Å². The molecule has 1 heterocycles. The lowest BCUT2D eigenvalue weighted by Gasteiger charge is -2.12. The number of hydrogen-bond acceptors (Lipinski definition) is 3. The van der Waals surface area contributed by atoms with Crippen molar-refractivity contribution in [2.24, 2.45) is 5.92 Å². The number of hydrogen-bond donors (Lipinski definition) is 2. The number of halogens is 1. The molecule has 1 fully saturated rings. The highest BCUT2D eigenvalue weighted by molar-refractivity contribution is 9.10. The monoisotopic (exact) mass is 313 g/mol. The summed E-state index contributed by atoms with van der Waals surface area (Å²) in [5, 5.41) is 12.3. The van der Waals surface area contributed by atoms with Crippen LogP contribution in [0.1, 0.15) is 23.2 Å². The minimum atomic E-state index is -0.908. The Balaban J connectivity index is 1.94. The molecule has 5 heteroatoms. The van der Waals surface area contributed by atoms with E-state index in [0.717, 1.165) is 37.1 Å². The summed E-state index contributed by atoms with van der Waals surface area (Å²) in [5.74, 6) is -0.313. The summed E-state index contributed by atoms with van der Waals surface area (Å²) in [7, 11) is 0. The van der Waals surface area contributed by atoms with Crippen molar-refractivity contribution in [3.05, 3.63) is 28.2 Å². The zero-order chi connectivity index (χ0) is 13.0. The second kappa shape index (κ2) is 6.20. The molecule has 0 aromatic heterocycles. The van der Waals surface area contributed by atoms with Crippen LogP contribution in [-0.2, 0) is 4.74 Å². The summed E-state index contributed by atoms with van der Waals surface area (Å²) in [6.45, 7) is 2.44. The van der Waals surface area contributed by atoms with E-state index < -0.39 is 5.97 Å². The molecule has 0 radical (unpaired) electrons. The zero-order valence-corrected chi connectivity index (χ0v) is 11.6. The van der Waals surface area contributed by atoms with Gasteiger partial charge in [-0.1, -0.05) is 15.9 Å². The summed E-state index contributed by atoms with van der Waals surface area (Å²) in [5.41, 5.74) is 0.969. The van der Waals surface area contributed by atoms with Crippen LogP contribution in [0.5, 0.6) is 0 Å². The largest absolute Gasteiger partial charge is 0.478 e. The van der Waals surface area contributed by atoms with Gasteiger partial charge in [0.1, 0.15) is 0 Å². The van der Waals surface area contributed by atoms with Crippen molar-refractivity contribution < 1.29 is 14.6 Å². The highest BCUT2D eigenvalue weighted by Crippen LogP contribution is 2.22. The summed E-state index contributed by atoms with van der Waals surface area (Å²) in [4.78, 5) is 11.1. The van der Waals surface area contributed by atoms with Crippen LogP contribution in [-0.4, -0.2) is 30.8 Å². The van der Waals surface area contributed by atoms with Crippen LogP contribution in [0.2, 0.25) is 0 Å². The second-order valence-electron chi connectivity index (χ2n) is 4.44. The van der Waals surface area contributed by atoms with Crippen LogP contribution in [0.25, 0.3) is 0 Å². The van der Waals surface area contributed by atoms with E-state index in [2.05, 4.69) is 21.2 Å². The average molecular weight is 314 g/mol. The van der Waals surface area contributed by atoms with Gasteiger partial charge >= 0.3 is 5.97 Å². The highest BCUT2D eigenvalue weighted by Gasteiger charge is 2.15. The molecule has 98 valence electrons. The predicted octanol–water partition coefficient (Wildman–Crippen LogP) is 2.99. The Bertz CT molecular complexity index is 430. The maximum atomic E-state index is 11.1. The van der Waals surface area contributed by atoms with Crippen LogP contribution < -0.4 is 5.32 Å². The van der Waals surface area contributed by atoms with Gasteiger partial charge in [0.25, 0.3) is 0 Å². The molecular weight excluding hydrogens is 298 g/mol. The molecule has 0 bridgehead atoms. The lowest BCUT2D eigenvalue weighted by molar-refractivity contribution is 0.0698. The molecule has 0 amide bonds. The van der Waals surface area contributed by atoms with Gasteiger partial charge in [0, 0.05) is 29.9 Å². The summed E-state index contributed by atoms with van der Waals surface area (Å²) < 4.78 is 6.19. The molecule has 2 N–H and O–H groups in total. The molecule has 1 aromatic carbocycles. The average Bonchev–Trinajstić information content (AvgIpc) is 2.82. The lowest BCUT2D eigenvalue weighted by Crippen LogP contribution is -2.11. The number of carboxylic acid groups (broad SMARTS) is 1. The fourth-order valence-corrected chi connectivity index (χ4v) is 2.43. The molecule has 1 aliphatic rings. The maximum Gasteiger partial charge on any atom is 0.337 e. The van der Waals surface area contributed by atoms with E-state index in [1.807, 2.05) is 0 Å². The predicted molar refractivity (Wildman–Crippen MR) is 73.1 cm³/mol. The number of carboxylic acids is 1. The van der Waals surface area contributed by atoms with Crippen molar-refractivity contribution in [3.8, 4) is 0 Å². The number of ether oxygens (including phenoxy) is 1. The molecule has 1 unspecified atom stereocenters. The van der Waals surface area contributed by atoms with E-state index in [4.69, 9.17) is 9.84 Å². The van der Waals surface area contributed by atoms with E-state index in [-0.39, 0.29) is 0 Å². The zero-order valence-electron chi connectivity index (χ0n) is 9.99. The maximum absolute atomic E-state index is 11.1. The van der Waals surface area contributed by atoms with Gasteiger partial charge in [-0.15, -0.1) is 0 Å². The fourth-order valence-electron chi connectivity index (χ4n) is 2.07. The first-order valence-electron chi connectivity index (χ1n) is 6.01. The minimum absolute atomic E-state index is 0.306. The Labute approximate surface area is 114 Å². The van der Waals surface area contributed by atoms with Crippen molar-refractivity contribution in [2.75, 3.05) is 25.1 Å². The third-order valence-electron chi connectivity index (χ3n) is 3.10. The molecule has 4 nitrogen and oxygen atoms in total. The van der Waals surface area contributed by atoms with E-state index in [9.17, 15) is 4.79 Å². The molecule has 1 aromatic rings. The van der Waals surface area contributed by atoms with Crippen LogP contribution in [0.3, 0.4) is 0 Å². The van der Waals surface area contributed by atoms with Crippen molar-refractivity contribution in [1.29, 1.82) is 0 Å². The van der Waals surface area contributed by atoms with Crippen LogP contribution in [0.15, 0.2) is 22.7 Å². The molecule has 0 saturated carbocycles. The first kappa shape index (κ1) is 13.4. The van der Waals surface area contributed by atoms with E-state index >= 15 is 0 Å². The highest BCUT2D eigenvalue weighted by atomic mass is 79.9. The van der Waals surface area contributed by atoms with Gasteiger partial charge in [0.05, 0.1) is 5.56 Å². The molecule has 1 aliphatic heterocycles. The number of nitrogens with one attached hydrogen (secondary N) is 1. The smallest absolute Gasteiger partial charge is 0.337 e. The standard InChI is InChI=1S/C13H16BrNO3/c14-10-1-2-11(13(16)17)12(7-10)15-5-3-9-4-6-18-8-9/h1-2,7,9,15H,3-6,8H2,(H,16,17). The van der Waals surface area contributed by atoms with Gasteiger partial charge in [-0.2, -0.15) is 0 Å². The molecule has 2 rings (SSSR count). The Morgan fingerprint density at radius 1 is 1.56 bits per heavy atom. The molecule has 1 saturated heterocycles. The summed E-state index contributed by atoms with van der Waals surface area (Å²) >= 11 is 3.35. The van der Waals surface area contributed by atoms with Crippen molar-refractivity contribution in [3.63, 3.8) is 0 Å². The molecule has 0 aliphatic carbocycles. The third-order valence-corrected chi connectivity index (χ3v) is 3.60. The van der Waals surface area contributed by atoms with Crippen LogP contribution in [0, 0.1) is 5.92 Å². The Hall–Kier alpha value is -1.07. The lowest BCUT2D eigenvalue weighted by atomic mass is 10.1. The SMILES string of the molecule is O=C(O)c1ccc(Br)cc1NCCC1CCOC1. The fraction of sp³-hybridized carbons (Fsp3) is 0.462. The Morgan fingerprint density at radius 3 is 3.06 bits per heavy atom. The number of anilines is 1. The Kier molecular flexibility index (Phi) is 4.60. The van der Waals surface area contributed by atoms with Crippen molar-refractivity contribution >= 4 is 27.6 Å². The van der Waals surface area contributed by atoms with Gasteiger partial charge in [-0.05, 0) is 37.0 Å². The van der Waals surface area contributed by atoms with Gasteiger partial charge in [-0.25, -0.2) is 4.79 Å². The van der Waals surface area contributed by atoms with E-state index in [1.54, 1.807) is 18.2 Å². The molecule has 18 heavy (non-hydrogen) atoms. The van der Waals surface area contributed by atoms with Crippen LogP contribution >= 0.6 is 15.9 Å². The molecule has 1 atom stereocenters. The van der Waals surface area contributed by atoms with Gasteiger partial charge in [0.2, 0.25) is 0 Å². The van der Waals surface area contributed by atoms with E-state index in [0.29, 0.717) is 17.2 Å². The summed E-state index contributed by atoms with van der Waals surface area (Å²) in [6, 6.07) is 5.14. The van der Waals surface area contributed by atoms with Gasteiger partial charge < -0.3 is 15.2 Å². The first-order chi connectivity index (χ1) is 8.66. The topological polar surface area (TPSA) is 58.6 Å². The quantitative estimate of drug-likeness (QED) is 0.877. The normalized spacial score (nSPS) is 18.8. The molecule has 0 spiro atoms. The number of rotatable bonds is 5. The third kappa shape index (κ3) is 3.46. The Morgan fingerprint density at radius 2 is 2.39 bits per heavy atom. The van der Waals surface area contributed by atoms with Crippen molar-refractivity contribution in [1.82, 2.24) is 0 Å². The van der Waals surface area contributed by atoms with Crippen LogP contribution in [0.4, 0.5) is 5.69 Å². The number of carbonyl (C=O) groups is 1. The summed E-state index contributed by atoms with van der Waals surface area (Å²) in [6.07, 6.45) is 2.11. The van der Waals surface area contributed by atoms with Gasteiger partial charge in [0.15, 0.2) is 0 Å². The number of aromatic carboxylic acids is 1. The first-order valence-corrected chi connectivity index (χ1v) is 6.80. The van der Waals surface area contributed by atoms with Gasteiger partial charge in [-0.3, -0.25) is 0 Å². The second-order valence-corrected chi connectivity index (χ2v) is 5.36.